The fraction of sp³-hybridized carbons (Fsp3) is 1.00. The second-order valence-corrected chi connectivity index (χ2v) is 5.84. The van der Waals surface area contributed by atoms with Gasteiger partial charge in [-0.2, -0.15) is 0 Å². The molecule has 0 spiro atoms. The average molecular weight is 212 g/mol. The smallest absolute Gasteiger partial charge is 0.00924 e. The number of hydrogen-bond donors (Lipinski definition) is 1. The van der Waals surface area contributed by atoms with Crippen molar-refractivity contribution < 1.29 is 0 Å². The highest BCUT2D eigenvalue weighted by Crippen LogP contribution is 2.26. The molecular weight excluding hydrogens is 184 g/mol. The zero-order chi connectivity index (χ0) is 11.3. The molecule has 1 N–H and O–H groups in total. The molecule has 0 bridgehead atoms. The molecule has 1 aliphatic carbocycles. The zero-order valence-electron chi connectivity index (χ0n) is 11.0. The predicted octanol–water partition coefficient (Wildman–Crippen LogP) is 2.50. The van der Waals surface area contributed by atoms with Crippen molar-refractivity contribution in [3.8, 4) is 0 Å². The van der Waals surface area contributed by atoms with Crippen LogP contribution in [0, 0.1) is 5.41 Å². The minimum absolute atomic E-state index is 0.402. The first-order valence-corrected chi connectivity index (χ1v) is 6.46. The van der Waals surface area contributed by atoms with Gasteiger partial charge in [0.2, 0.25) is 0 Å². The van der Waals surface area contributed by atoms with E-state index in [1.165, 1.54) is 32.2 Å². The molecule has 0 amide bonds. The molecule has 0 saturated heterocycles. The normalized spacial score (nSPS) is 18.2. The summed E-state index contributed by atoms with van der Waals surface area (Å²) >= 11 is 0. The van der Waals surface area contributed by atoms with Crippen LogP contribution < -0.4 is 5.32 Å². The van der Waals surface area contributed by atoms with Crippen molar-refractivity contribution in [2.45, 2.75) is 52.5 Å². The van der Waals surface area contributed by atoms with Gasteiger partial charge in [-0.1, -0.05) is 27.2 Å². The van der Waals surface area contributed by atoms with Gasteiger partial charge in [-0.25, -0.2) is 0 Å². The summed E-state index contributed by atoms with van der Waals surface area (Å²) in [7, 11) is 2.28. The molecule has 2 nitrogen and oxygen atoms in total. The molecule has 0 aromatic heterocycles. The summed E-state index contributed by atoms with van der Waals surface area (Å²) in [5.41, 5.74) is 0.402. The first-order chi connectivity index (χ1) is 7.05. The summed E-state index contributed by atoms with van der Waals surface area (Å²) in [6.45, 7) is 10.5. The Hall–Kier alpha value is -0.0800. The molecule has 1 aliphatic rings. The van der Waals surface area contributed by atoms with Crippen LogP contribution in [-0.2, 0) is 0 Å². The highest BCUT2D eigenvalue weighted by atomic mass is 15.1. The fourth-order valence-electron chi connectivity index (χ4n) is 2.29. The molecule has 2 heteroatoms. The van der Waals surface area contributed by atoms with Gasteiger partial charge in [0.25, 0.3) is 0 Å². The van der Waals surface area contributed by atoms with Crippen LogP contribution in [0.3, 0.4) is 0 Å². The topological polar surface area (TPSA) is 15.3 Å². The molecular formula is C13H28N2. The number of rotatable bonds is 7. The zero-order valence-corrected chi connectivity index (χ0v) is 11.0. The number of nitrogens with zero attached hydrogens (tertiary/aromatic N) is 1. The third kappa shape index (κ3) is 4.52. The largest absolute Gasteiger partial charge is 0.316 e. The van der Waals surface area contributed by atoms with Gasteiger partial charge in [0, 0.05) is 19.1 Å². The van der Waals surface area contributed by atoms with E-state index in [0.717, 1.165) is 19.1 Å². The van der Waals surface area contributed by atoms with E-state index in [-0.39, 0.29) is 0 Å². The third-order valence-electron chi connectivity index (χ3n) is 3.41. The average Bonchev–Trinajstić information content (AvgIpc) is 1.99. The Balaban J connectivity index is 2.20. The van der Waals surface area contributed by atoms with Crippen LogP contribution in [0.5, 0.6) is 0 Å². The van der Waals surface area contributed by atoms with Crippen molar-refractivity contribution in [2.24, 2.45) is 5.41 Å². The van der Waals surface area contributed by atoms with Crippen LogP contribution in [0.15, 0.2) is 0 Å². The lowest BCUT2D eigenvalue weighted by atomic mass is 9.87. The lowest BCUT2D eigenvalue weighted by Gasteiger charge is -2.39. The molecule has 0 aromatic rings. The number of hydrogen-bond acceptors (Lipinski definition) is 2. The van der Waals surface area contributed by atoms with Gasteiger partial charge in [0.1, 0.15) is 0 Å². The number of nitrogens with one attached hydrogen (secondary N) is 1. The Labute approximate surface area is 95.4 Å². The molecule has 1 saturated carbocycles. The molecule has 15 heavy (non-hydrogen) atoms. The molecule has 0 aromatic carbocycles. The molecule has 0 heterocycles. The van der Waals surface area contributed by atoms with Gasteiger partial charge in [-0.15, -0.1) is 0 Å². The van der Waals surface area contributed by atoms with Crippen molar-refractivity contribution in [1.29, 1.82) is 0 Å². The maximum absolute atomic E-state index is 3.53. The summed E-state index contributed by atoms with van der Waals surface area (Å²) in [6, 6.07) is 0.871. The Bertz CT molecular complexity index is 173. The van der Waals surface area contributed by atoms with Gasteiger partial charge in [0.05, 0.1) is 0 Å². The van der Waals surface area contributed by atoms with Crippen molar-refractivity contribution in [2.75, 3.05) is 26.7 Å². The van der Waals surface area contributed by atoms with Gasteiger partial charge in [0.15, 0.2) is 0 Å². The Morgan fingerprint density at radius 3 is 2.47 bits per heavy atom. The van der Waals surface area contributed by atoms with Gasteiger partial charge < -0.3 is 10.2 Å². The van der Waals surface area contributed by atoms with E-state index in [9.17, 15) is 0 Å². The Morgan fingerprint density at radius 2 is 2.00 bits per heavy atom. The first kappa shape index (κ1) is 13.0. The van der Waals surface area contributed by atoms with E-state index < -0.39 is 0 Å². The van der Waals surface area contributed by atoms with Crippen LogP contribution in [0.2, 0.25) is 0 Å². The van der Waals surface area contributed by atoms with Crippen LogP contribution >= 0.6 is 0 Å². The van der Waals surface area contributed by atoms with E-state index in [1.807, 2.05) is 0 Å². The SMILES string of the molecule is CCCNCC(C)(C)CN(C)C1CCC1. The van der Waals surface area contributed by atoms with Gasteiger partial charge >= 0.3 is 0 Å². The molecule has 0 radical (unpaired) electrons. The quantitative estimate of drug-likeness (QED) is 0.652. The predicted molar refractivity (Wildman–Crippen MR) is 67.2 cm³/mol. The van der Waals surface area contributed by atoms with Crippen LogP contribution in [0.1, 0.15) is 46.5 Å². The summed E-state index contributed by atoms with van der Waals surface area (Å²) in [5, 5.41) is 3.53. The maximum atomic E-state index is 3.53. The highest BCUT2D eigenvalue weighted by molar-refractivity contribution is 4.83. The minimum Gasteiger partial charge on any atom is -0.316 e. The van der Waals surface area contributed by atoms with E-state index >= 15 is 0 Å². The first-order valence-electron chi connectivity index (χ1n) is 6.46. The van der Waals surface area contributed by atoms with Crippen LogP contribution in [0.4, 0.5) is 0 Å². The van der Waals surface area contributed by atoms with Crippen LogP contribution in [0.25, 0.3) is 0 Å². The lowest BCUT2D eigenvalue weighted by Crippen LogP contribution is -2.45. The van der Waals surface area contributed by atoms with Gasteiger partial charge in [-0.05, 0) is 38.3 Å². The van der Waals surface area contributed by atoms with Crippen molar-refractivity contribution >= 4 is 0 Å². The fourth-order valence-corrected chi connectivity index (χ4v) is 2.29. The molecule has 0 unspecified atom stereocenters. The van der Waals surface area contributed by atoms with Crippen molar-refractivity contribution in [3.63, 3.8) is 0 Å². The highest BCUT2D eigenvalue weighted by Gasteiger charge is 2.27. The summed E-state index contributed by atoms with van der Waals surface area (Å²) < 4.78 is 0. The second kappa shape index (κ2) is 5.86. The summed E-state index contributed by atoms with van der Waals surface area (Å²) in [4.78, 5) is 2.55. The summed E-state index contributed by atoms with van der Waals surface area (Å²) in [5.74, 6) is 0. The van der Waals surface area contributed by atoms with Crippen molar-refractivity contribution in [1.82, 2.24) is 10.2 Å². The Kier molecular flexibility index (Phi) is 5.07. The minimum atomic E-state index is 0.402. The van der Waals surface area contributed by atoms with E-state index in [1.54, 1.807) is 0 Å². The van der Waals surface area contributed by atoms with Crippen LogP contribution in [-0.4, -0.2) is 37.6 Å². The maximum Gasteiger partial charge on any atom is 0.00924 e. The van der Waals surface area contributed by atoms with E-state index in [2.05, 4.69) is 38.0 Å². The Morgan fingerprint density at radius 1 is 1.33 bits per heavy atom. The molecule has 0 aliphatic heterocycles. The van der Waals surface area contributed by atoms with Gasteiger partial charge in [-0.3, -0.25) is 0 Å². The van der Waals surface area contributed by atoms with Crippen molar-refractivity contribution in [3.05, 3.63) is 0 Å². The summed E-state index contributed by atoms with van der Waals surface area (Å²) in [6.07, 6.45) is 5.49. The molecule has 1 rings (SSSR count). The van der Waals surface area contributed by atoms with E-state index in [4.69, 9.17) is 0 Å². The molecule has 0 atom stereocenters. The third-order valence-corrected chi connectivity index (χ3v) is 3.41. The second-order valence-electron chi connectivity index (χ2n) is 5.84. The molecule has 1 fully saturated rings. The standard InChI is InChI=1S/C13H28N2/c1-5-9-14-10-13(2,3)11-15(4)12-7-6-8-12/h12,14H,5-11H2,1-4H3. The monoisotopic (exact) mass is 212 g/mol. The molecule has 90 valence electrons. The van der Waals surface area contributed by atoms with E-state index in [0.29, 0.717) is 5.41 Å². The lowest BCUT2D eigenvalue weighted by molar-refractivity contribution is 0.108.